The standard InChI is InChI=1S/3C7H10N2.3C2H6.2CH4/c1-9(2)7-3-5-8-6-4-7;1-9(2)7-4-3-5-8-6-7;1-9(2)7-5-3-4-6-8-7;3*1-2;;/h3*3-6H,1-2H3;3*1-2H3;2*1H4. The highest BCUT2D eigenvalue weighted by Gasteiger charge is 1.90. The lowest BCUT2D eigenvalue weighted by Gasteiger charge is -2.10. The lowest BCUT2D eigenvalue weighted by atomic mass is 10.4. The fraction of sp³-hybridized carbons (Fsp3) is 0.483. The zero-order chi connectivity index (χ0) is 26.1. The number of pyridine rings is 3. The first-order valence-electron chi connectivity index (χ1n) is 11.6. The second-order valence-electron chi connectivity index (χ2n) is 6.29. The molecule has 3 heterocycles. The normalized spacial score (nSPS) is 7.54. The molecule has 0 aliphatic heterocycles. The summed E-state index contributed by atoms with van der Waals surface area (Å²) in [4.78, 5) is 18.0. The Morgan fingerprint density at radius 3 is 1.26 bits per heavy atom. The first-order chi connectivity index (χ1) is 15.9. The van der Waals surface area contributed by atoms with Crippen LogP contribution in [0, 0.1) is 0 Å². The Hall–Kier alpha value is -3.15. The van der Waals surface area contributed by atoms with Crippen molar-refractivity contribution in [2.75, 3.05) is 57.0 Å². The van der Waals surface area contributed by atoms with Crippen LogP contribution in [0.15, 0.2) is 73.4 Å². The molecule has 0 amide bonds. The van der Waals surface area contributed by atoms with Crippen molar-refractivity contribution in [2.24, 2.45) is 0 Å². The minimum Gasteiger partial charge on any atom is -0.378 e. The minimum atomic E-state index is 0. The number of rotatable bonds is 3. The van der Waals surface area contributed by atoms with E-state index < -0.39 is 0 Å². The molecule has 35 heavy (non-hydrogen) atoms. The topological polar surface area (TPSA) is 48.4 Å². The van der Waals surface area contributed by atoms with E-state index in [1.807, 2.05) is 147 Å². The Labute approximate surface area is 219 Å². The van der Waals surface area contributed by atoms with Gasteiger partial charge in [-0.15, -0.1) is 0 Å². The molecule has 3 aromatic heterocycles. The quantitative estimate of drug-likeness (QED) is 0.375. The van der Waals surface area contributed by atoms with Gasteiger partial charge in [0.05, 0.1) is 11.9 Å². The molecule has 3 rings (SSSR count). The van der Waals surface area contributed by atoms with Crippen molar-refractivity contribution < 1.29 is 0 Å². The van der Waals surface area contributed by atoms with Crippen molar-refractivity contribution in [3.05, 3.63) is 73.4 Å². The highest BCUT2D eigenvalue weighted by Crippen LogP contribution is 2.06. The van der Waals surface area contributed by atoms with Gasteiger partial charge in [-0.25, -0.2) is 4.98 Å². The van der Waals surface area contributed by atoms with Gasteiger partial charge in [0.15, 0.2) is 0 Å². The Kier molecular flexibility index (Phi) is 37.1. The molecule has 6 heteroatoms. The third-order valence-electron chi connectivity index (χ3n) is 3.45. The smallest absolute Gasteiger partial charge is 0.127 e. The largest absolute Gasteiger partial charge is 0.378 e. The van der Waals surface area contributed by atoms with Crippen LogP contribution in [-0.4, -0.2) is 57.2 Å². The predicted molar refractivity (Wildman–Crippen MR) is 163 cm³/mol. The van der Waals surface area contributed by atoms with E-state index in [-0.39, 0.29) is 14.9 Å². The van der Waals surface area contributed by atoms with Gasteiger partial charge in [-0.1, -0.05) is 62.5 Å². The van der Waals surface area contributed by atoms with Crippen molar-refractivity contribution in [1.29, 1.82) is 0 Å². The molecule has 0 aliphatic rings. The summed E-state index contributed by atoms with van der Waals surface area (Å²) >= 11 is 0. The third-order valence-corrected chi connectivity index (χ3v) is 3.45. The van der Waals surface area contributed by atoms with E-state index in [0.717, 1.165) is 11.5 Å². The van der Waals surface area contributed by atoms with E-state index in [1.54, 1.807) is 24.8 Å². The van der Waals surface area contributed by atoms with Gasteiger partial charge in [-0.3, -0.25) is 9.97 Å². The lowest BCUT2D eigenvalue weighted by molar-refractivity contribution is 1.07. The van der Waals surface area contributed by atoms with Gasteiger partial charge >= 0.3 is 0 Å². The Morgan fingerprint density at radius 2 is 1.00 bits per heavy atom. The molecule has 0 saturated heterocycles. The maximum Gasteiger partial charge on any atom is 0.127 e. The number of anilines is 3. The first kappa shape index (κ1) is 42.0. The van der Waals surface area contributed by atoms with Crippen LogP contribution in [-0.2, 0) is 0 Å². The van der Waals surface area contributed by atoms with Crippen LogP contribution in [0.25, 0.3) is 0 Å². The highest BCUT2D eigenvalue weighted by atomic mass is 15.1. The summed E-state index contributed by atoms with van der Waals surface area (Å²) in [5.74, 6) is 0.998. The molecule has 0 N–H and O–H groups in total. The number of nitrogens with zero attached hydrogens (tertiary/aromatic N) is 6. The fourth-order valence-electron chi connectivity index (χ4n) is 1.88. The summed E-state index contributed by atoms with van der Waals surface area (Å²) in [7, 11) is 12.0. The summed E-state index contributed by atoms with van der Waals surface area (Å²) in [6.45, 7) is 12.0. The maximum absolute atomic E-state index is 4.10. The van der Waals surface area contributed by atoms with E-state index in [9.17, 15) is 0 Å². The molecule has 0 aromatic carbocycles. The third kappa shape index (κ3) is 23.8. The molecule has 3 aromatic rings. The molecule has 6 nitrogen and oxygen atoms in total. The van der Waals surface area contributed by atoms with Crippen LogP contribution < -0.4 is 14.7 Å². The second-order valence-corrected chi connectivity index (χ2v) is 6.29. The number of hydrogen-bond donors (Lipinski definition) is 0. The van der Waals surface area contributed by atoms with E-state index >= 15 is 0 Å². The molecule has 0 fully saturated rings. The van der Waals surface area contributed by atoms with Crippen molar-refractivity contribution in [3.8, 4) is 0 Å². The van der Waals surface area contributed by atoms with Gasteiger partial charge < -0.3 is 14.7 Å². The van der Waals surface area contributed by atoms with E-state index in [1.165, 1.54) is 5.69 Å². The van der Waals surface area contributed by atoms with E-state index in [2.05, 4.69) is 15.0 Å². The fourth-order valence-corrected chi connectivity index (χ4v) is 1.88. The number of aromatic nitrogens is 3. The van der Waals surface area contributed by atoms with Gasteiger partial charge in [-0.05, 0) is 36.4 Å². The summed E-state index contributed by atoms with van der Waals surface area (Å²) in [5, 5.41) is 0. The summed E-state index contributed by atoms with van der Waals surface area (Å²) in [5.41, 5.74) is 2.32. The van der Waals surface area contributed by atoms with E-state index in [0.29, 0.717) is 0 Å². The second kappa shape index (κ2) is 30.9. The first-order valence-corrected chi connectivity index (χ1v) is 11.6. The average molecular weight is 489 g/mol. The Morgan fingerprint density at radius 1 is 0.486 bits per heavy atom. The van der Waals surface area contributed by atoms with Gasteiger partial charge in [0, 0.05) is 72.8 Å². The van der Waals surface area contributed by atoms with Gasteiger partial charge in [-0.2, -0.15) is 0 Å². The summed E-state index contributed by atoms with van der Waals surface area (Å²) < 4.78 is 0. The molecule has 0 unspecified atom stereocenters. The maximum atomic E-state index is 4.10. The van der Waals surface area contributed by atoms with Crippen LogP contribution in [0.1, 0.15) is 56.4 Å². The van der Waals surface area contributed by atoms with Crippen molar-refractivity contribution in [2.45, 2.75) is 56.4 Å². The molecule has 202 valence electrons. The van der Waals surface area contributed by atoms with Crippen LogP contribution in [0.3, 0.4) is 0 Å². The average Bonchev–Trinajstić information content (AvgIpc) is 2.90. The van der Waals surface area contributed by atoms with Gasteiger partial charge in [0.1, 0.15) is 5.82 Å². The van der Waals surface area contributed by atoms with Crippen molar-refractivity contribution in [3.63, 3.8) is 0 Å². The Bertz CT molecular complexity index is 615. The van der Waals surface area contributed by atoms with Crippen LogP contribution >= 0.6 is 0 Å². The minimum absolute atomic E-state index is 0. The summed E-state index contributed by atoms with van der Waals surface area (Å²) in [6, 6.07) is 13.7. The van der Waals surface area contributed by atoms with Crippen molar-refractivity contribution >= 4 is 17.2 Å². The zero-order valence-electron chi connectivity index (χ0n) is 23.1. The van der Waals surface area contributed by atoms with Gasteiger partial charge in [0.25, 0.3) is 0 Å². The SMILES string of the molecule is C.C.CC.CC.CC.CN(C)c1ccccn1.CN(C)c1cccnc1.CN(C)c1ccncc1. The molecular formula is C29H56N6. The molecule has 0 aliphatic carbocycles. The van der Waals surface area contributed by atoms with Crippen molar-refractivity contribution in [1.82, 2.24) is 15.0 Å². The zero-order valence-corrected chi connectivity index (χ0v) is 23.1. The number of hydrogen-bond acceptors (Lipinski definition) is 6. The molecule has 0 saturated carbocycles. The van der Waals surface area contributed by atoms with Crippen LogP contribution in [0.4, 0.5) is 17.2 Å². The highest BCUT2D eigenvalue weighted by molar-refractivity contribution is 5.42. The molecule has 0 atom stereocenters. The molecular weight excluding hydrogens is 432 g/mol. The van der Waals surface area contributed by atoms with Crippen LogP contribution in [0.5, 0.6) is 0 Å². The molecule has 0 spiro atoms. The Balaban J connectivity index is -0.000000113. The van der Waals surface area contributed by atoms with E-state index in [4.69, 9.17) is 0 Å². The molecule has 0 bridgehead atoms. The summed E-state index contributed by atoms with van der Waals surface area (Å²) in [6.07, 6.45) is 8.97. The van der Waals surface area contributed by atoms with Crippen LogP contribution in [0.2, 0.25) is 0 Å². The van der Waals surface area contributed by atoms with Gasteiger partial charge in [0.2, 0.25) is 0 Å². The predicted octanol–water partition coefficient (Wildman–Crippen LogP) is 7.79. The molecule has 0 radical (unpaired) electrons. The monoisotopic (exact) mass is 488 g/mol. The lowest BCUT2D eigenvalue weighted by Crippen LogP contribution is -2.09.